The first-order valence-electron chi connectivity index (χ1n) is 21.9. The summed E-state index contributed by atoms with van der Waals surface area (Å²) in [7, 11) is 0. The van der Waals surface area contributed by atoms with E-state index in [1.807, 2.05) is 0 Å². The molecule has 12 rings (SSSR count). The van der Waals surface area contributed by atoms with Gasteiger partial charge in [0.05, 0.1) is 35.6 Å². The minimum Gasteiger partial charge on any atom is -0.494 e. The van der Waals surface area contributed by atoms with Crippen molar-refractivity contribution in [1.82, 2.24) is 9.97 Å². The van der Waals surface area contributed by atoms with Gasteiger partial charge in [-0.25, -0.2) is 9.97 Å². The van der Waals surface area contributed by atoms with Gasteiger partial charge in [-0.1, -0.05) is 123 Å². The van der Waals surface area contributed by atoms with Crippen LogP contribution in [0, 0.1) is 0 Å². The number of aryl methyl sites for hydroxylation is 2. The Hall–Kier alpha value is -6.52. The lowest BCUT2D eigenvalue weighted by atomic mass is 9.84. The quantitative estimate of drug-likeness (QED) is 0.144. The molecular weight excluding hydrogens is 733 g/mol. The molecule has 4 nitrogen and oxygen atoms in total. The predicted octanol–water partition coefficient (Wildman–Crippen LogP) is 14.8. The van der Waals surface area contributed by atoms with Crippen LogP contribution in [-0.2, 0) is 12.8 Å². The molecule has 0 aliphatic carbocycles. The summed E-state index contributed by atoms with van der Waals surface area (Å²) < 4.78 is 12.5. The molecule has 2 aromatic heterocycles. The van der Waals surface area contributed by atoms with Gasteiger partial charge in [0.15, 0.2) is 0 Å². The first-order chi connectivity index (χ1) is 29.7. The zero-order chi connectivity index (χ0) is 40.1. The fraction of sp³-hybridized carbons (Fsp3) is 0.214. The Kier molecular flexibility index (Phi) is 10.9. The monoisotopic (exact) mass is 782 g/mol. The smallest absolute Gasteiger partial charge is 0.119 e. The van der Waals surface area contributed by atoms with Crippen LogP contribution in [0.2, 0.25) is 0 Å². The summed E-state index contributed by atoms with van der Waals surface area (Å²) in [6.07, 6.45) is 11.1. The van der Waals surface area contributed by atoms with Crippen molar-refractivity contribution in [3.8, 4) is 45.1 Å². The van der Waals surface area contributed by atoms with E-state index in [0.29, 0.717) is 13.2 Å². The number of aromatic nitrogens is 2. The molecule has 8 bridgehead atoms. The van der Waals surface area contributed by atoms with Gasteiger partial charge in [-0.05, 0) is 143 Å². The van der Waals surface area contributed by atoms with Crippen molar-refractivity contribution < 1.29 is 9.47 Å². The summed E-state index contributed by atoms with van der Waals surface area (Å²) in [5.41, 5.74) is 11.5. The highest BCUT2D eigenvalue weighted by Crippen LogP contribution is 2.40. The number of ether oxygens (including phenoxy) is 2. The number of nitrogens with zero attached hydrogens (tertiary/aromatic N) is 2. The molecule has 0 N–H and O–H groups in total. The summed E-state index contributed by atoms with van der Waals surface area (Å²) in [5, 5.41) is 7.47. The maximum atomic E-state index is 6.24. The predicted molar refractivity (Wildman–Crippen MR) is 250 cm³/mol. The minimum atomic E-state index is 0.712. The first kappa shape index (κ1) is 37.7. The molecule has 3 aliphatic rings. The maximum Gasteiger partial charge on any atom is 0.119 e. The summed E-state index contributed by atoms with van der Waals surface area (Å²) in [6.45, 7) is 1.42. The van der Waals surface area contributed by atoms with Crippen molar-refractivity contribution in [2.45, 2.75) is 64.2 Å². The lowest BCUT2D eigenvalue weighted by Crippen LogP contribution is -2.00. The highest BCUT2D eigenvalue weighted by Gasteiger charge is 2.17. The van der Waals surface area contributed by atoms with Crippen LogP contribution in [0.1, 0.15) is 62.5 Å². The van der Waals surface area contributed by atoms with Crippen LogP contribution in [0.15, 0.2) is 158 Å². The molecule has 7 aromatic carbocycles. The zero-order valence-electron chi connectivity index (χ0n) is 34.2. The van der Waals surface area contributed by atoms with Gasteiger partial charge in [-0.3, -0.25) is 0 Å². The van der Waals surface area contributed by atoms with E-state index in [-0.39, 0.29) is 0 Å². The molecule has 296 valence electrons. The maximum absolute atomic E-state index is 6.24. The van der Waals surface area contributed by atoms with Gasteiger partial charge in [-0.15, -0.1) is 0 Å². The van der Waals surface area contributed by atoms with Crippen molar-refractivity contribution in [3.05, 3.63) is 169 Å². The molecule has 4 heteroatoms. The second kappa shape index (κ2) is 17.4. The van der Waals surface area contributed by atoms with Crippen molar-refractivity contribution in [2.24, 2.45) is 0 Å². The van der Waals surface area contributed by atoms with Crippen LogP contribution >= 0.6 is 0 Å². The molecule has 9 aromatic rings. The van der Waals surface area contributed by atoms with Crippen LogP contribution < -0.4 is 9.47 Å². The second-order valence-corrected chi connectivity index (χ2v) is 16.3. The average molecular weight is 783 g/mol. The third-order valence-corrected chi connectivity index (χ3v) is 12.3. The molecule has 3 aliphatic heterocycles. The summed E-state index contributed by atoms with van der Waals surface area (Å²) in [5.74, 6) is 1.79. The van der Waals surface area contributed by atoms with Crippen LogP contribution in [0.4, 0.5) is 0 Å². The molecule has 5 heterocycles. The van der Waals surface area contributed by atoms with Crippen molar-refractivity contribution >= 4 is 43.4 Å². The van der Waals surface area contributed by atoms with Crippen molar-refractivity contribution in [1.29, 1.82) is 0 Å². The van der Waals surface area contributed by atoms with Gasteiger partial charge in [-0.2, -0.15) is 0 Å². The van der Waals surface area contributed by atoms with Crippen LogP contribution in [0.5, 0.6) is 11.5 Å². The first-order valence-corrected chi connectivity index (χ1v) is 21.9. The van der Waals surface area contributed by atoms with Crippen LogP contribution in [-0.4, -0.2) is 23.2 Å². The average Bonchev–Trinajstić information content (AvgIpc) is 3.30. The van der Waals surface area contributed by atoms with E-state index in [2.05, 4.69) is 158 Å². The Bertz CT molecular complexity index is 2730. The normalized spacial score (nSPS) is 14.5. The lowest BCUT2D eigenvalue weighted by Gasteiger charge is -2.20. The van der Waals surface area contributed by atoms with E-state index in [1.54, 1.807) is 0 Å². The molecular formula is C56H50N2O2. The molecule has 0 amide bonds. The molecule has 0 spiro atoms. The fourth-order valence-electron chi connectivity index (χ4n) is 9.10. The van der Waals surface area contributed by atoms with Gasteiger partial charge in [0.2, 0.25) is 0 Å². The van der Waals surface area contributed by atoms with Gasteiger partial charge in [0.25, 0.3) is 0 Å². The third-order valence-electron chi connectivity index (χ3n) is 12.3. The molecule has 0 saturated heterocycles. The SMILES string of the molecule is c1ccc2c3c(ccc2c1)CCCCCCOc1ccc(cc1)-c1ccc2ccc4ccc(nc4c2n1)-c1ccc(cc1)OCCCCCCc1ccc2ccccc2c1-3. The number of hydrogen-bond donors (Lipinski definition) is 0. The summed E-state index contributed by atoms with van der Waals surface area (Å²) >= 11 is 0. The van der Waals surface area contributed by atoms with Crippen molar-refractivity contribution in [3.63, 3.8) is 0 Å². The minimum absolute atomic E-state index is 0.712. The number of rotatable bonds is 0. The molecule has 60 heavy (non-hydrogen) atoms. The largest absolute Gasteiger partial charge is 0.494 e. The van der Waals surface area contributed by atoms with Gasteiger partial charge in [0, 0.05) is 21.9 Å². The Morgan fingerprint density at radius 2 is 0.733 bits per heavy atom. The van der Waals surface area contributed by atoms with Gasteiger partial charge >= 0.3 is 0 Å². The zero-order valence-corrected chi connectivity index (χ0v) is 34.2. The number of benzene rings is 7. The fourth-order valence-corrected chi connectivity index (χ4v) is 9.10. The Balaban J connectivity index is 0.931. The van der Waals surface area contributed by atoms with E-state index < -0.39 is 0 Å². The topological polar surface area (TPSA) is 44.2 Å². The Labute approximate surface area is 352 Å². The lowest BCUT2D eigenvalue weighted by molar-refractivity contribution is 0.304. The third kappa shape index (κ3) is 7.95. The Morgan fingerprint density at radius 1 is 0.333 bits per heavy atom. The van der Waals surface area contributed by atoms with Crippen molar-refractivity contribution in [2.75, 3.05) is 13.2 Å². The van der Waals surface area contributed by atoms with Gasteiger partial charge < -0.3 is 9.47 Å². The second-order valence-electron chi connectivity index (χ2n) is 16.3. The summed E-state index contributed by atoms with van der Waals surface area (Å²) in [4.78, 5) is 10.3. The highest BCUT2D eigenvalue weighted by molar-refractivity contribution is 6.08. The summed E-state index contributed by atoms with van der Waals surface area (Å²) in [6, 6.07) is 56.9. The molecule has 0 atom stereocenters. The number of hydrogen-bond acceptors (Lipinski definition) is 4. The highest BCUT2D eigenvalue weighted by atomic mass is 16.5. The van der Waals surface area contributed by atoms with E-state index in [4.69, 9.17) is 19.4 Å². The number of fused-ring (bicyclic) bond motifs is 4. The van der Waals surface area contributed by atoms with Crippen LogP contribution in [0.25, 0.3) is 77.0 Å². The molecule has 0 radical (unpaired) electrons. The molecule has 0 saturated carbocycles. The van der Waals surface area contributed by atoms with Crippen LogP contribution in [0.3, 0.4) is 0 Å². The standard InChI is InChI=1S/C56H50N2O2/c1-3-11-37-59-47-31-25-41(26-32-47)51-35-29-45-23-24-46-30-36-52(58-56(46)55(45)57-51)42-27-33-48(34-28-42)60-38-12-4-2-6-16-44-22-20-40-14-8-10-18-50(40)54(44)53-43(15-5-1)21-19-39-13-7-9-17-49(39)53/h7-10,13-14,17-36H,1-6,11-12,15-16,37-38H2. The Morgan fingerprint density at radius 3 is 1.20 bits per heavy atom. The van der Waals surface area contributed by atoms with E-state index in [9.17, 15) is 0 Å². The van der Waals surface area contributed by atoms with Gasteiger partial charge in [0.1, 0.15) is 11.5 Å². The van der Waals surface area contributed by atoms with E-state index in [1.165, 1.54) is 56.6 Å². The molecule has 0 fully saturated rings. The number of pyridine rings is 2. The molecule has 0 unspecified atom stereocenters. The van der Waals surface area contributed by atoms with E-state index in [0.717, 1.165) is 107 Å². The van der Waals surface area contributed by atoms with E-state index >= 15 is 0 Å².